The van der Waals surface area contributed by atoms with Gasteiger partial charge in [0, 0.05) is 44.2 Å². The lowest BCUT2D eigenvalue weighted by Gasteiger charge is -2.38. The number of rotatable bonds is 4. The highest BCUT2D eigenvalue weighted by atomic mass is 35.5. The van der Waals surface area contributed by atoms with Crippen LogP contribution in [0.3, 0.4) is 0 Å². The van der Waals surface area contributed by atoms with Gasteiger partial charge in [0.15, 0.2) is 11.5 Å². The Morgan fingerprint density at radius 1 is 1.00 bits per heavy atom. The molecule has 0 bridgehead atoms. The number of methoxy groups -OCH3 is 1. The molecule has 3 heterocycles. The topological polar surface area (TPSA) is 88.6 Å². The Morgan fingerprint density at radius 3 is 2.40 bits per heavy atom. The molecule has 10 heteroatoms. The number of anilines is 1. The Balaban J connectivity index is 1.17. The molecular weight excluding hydrogens is 474 g/mol. The molecule has 9 nitrogen and oxygen atoms in total. The van der Waals surface area contributed by atoms with Gasteiger partial charge in [-0.2, -0.15) is 0 Å². The van der Waals surface area contributed by atoms with Gasteiger partial charge in [-0.05, 0) is 30.3 Å². The molecule has 2 aromatic carbocycles. The average Bonchev–Trinajstić information content (AvgIpc) is 3.29. The van der Waals surface area contributed by atoms with Crippen molar-refractivity contribution in [1.82, 2.24) is 9.80 Å². The van der Waals surface area contributed by atoms with E-state index in [0.717, 1.165) is 0 Å². The second kappa shape index (κ2) is 9.65. The van der Waals surface area contributed by atoms with Crippen LogP contribution in [-0.2, 0) is 14.4 Å². The molecule has 0 N–H and O–H groups in total. The molecule has 2 fully saturated rings. The maximum absolute atomic E-state index is 13.2. The Kier molecular flexibility index (Phi) is 6.42. The molecule has 3 amide bonds. The normalized spacial score (nSPS) is 21.8. The first-order valence-electron chi connectivity index (χ1n) is 11.5. The first-order valence-corrected chi connectivity index (χ1v) is 11.9. The van der Waals surface area contributed by atoms with Crippen LogP contribution in [0.15, 0.2) is 42.5 Å². The number of hydrogen-bond acceptors (Lipinski definition) is 6. The van der Waals surface area contributed by atoms with E-state index in [4.69, 9.17) is 25.8 Å². The maximum Gasteiger partial charge on any atom is 0.267 e. The van der Waals surface area contributed by atoms with Crippen LogP contribution in [0.4, 0.5) is 5.69 Å². The number of ether oxygens (including phenoxy) is 3. The van der Waals surface area contributed by atoms with Gasteiger partial charge in [0.1, 0.15) is 12.4 Å². The summed E-state index contributed by atoms with van der Waals surface area (Å²) in [7, 11) is 1.53. The largest absolute Gasteiger partial charge is 0.495 e. The second-order valence-corrected chi connectivity index (χ2v) is 9.17. The van der Waals surface area contributed by atoms with Crippen LogP contribution in [0.2, 0.25) is 5.02 Å². The van der Waals surface area contributed by atoms with E-state index >= 15 is 0 Å². The SMILES string of the molecule is COc1ccc(Cl)cc1N1C[C@@H](C(=O)N2CCN(C(=O)[C@@H]3COc4ccccc4O3)CC2)CC1=O. The molecule has 35 heavy (non-hydrogen) atoms. The van der Waals surface area contributed by atoms with Crippen molar-refractivity contribution in [2.24, 2.45) is 5.92 Å². The van der Waals surface area contributed by atoms with E-state index < -0.39 is 12.0 Å². The van der Waals surface area contributed by atoms with E-state index in [9.17, 15) is 14.4 Å². The highest BCUT2D eigenvalue weighted by Crippen LogP contribution is 2.36. The number of halogens is 1. The van der Waals surface area contributed by atoms with E-state index in [1.165, 1.54) is 7.11 Å². The van der Waals surface area contributed by atoms with Crippen LogP contribution < -0.4 is 19.1 Å². The Labute approximate surface area is 208 Å². The fourth-order valence-corrected chi connectivity index (χ4v) is 4.90. The van der Waals surface area contributed by atoms with Crippen molar-refractivity contribution in [2.45, 2.75) is 12.5 Å². The lowest BCUT2D eigenvalue weighted by Crippen LogP contribution is -2.56. The minimum Gasteiger partial charge on any atom is -0.495 e. The zero-order valence-corrected chi connectivity index (χ0v) is 20.1. The highest BCUT2D eigenvalue weighted by molar-refractivity contribution is 6.31. The van der Waals surface area contributed by atoms with E-state index in [1.807, 2.05) is 12.1 Å². The number of amides is 3. The Bertz CT molecular complexity index is 1150. The smallest absolute Gasteiger partial charge is 0.267 e. The summed E-state index contributed by atoms with van der Waals surface area (Å²) in [6.45, 7) is 2.03. The van der Waals surface area contributed by atoms with Crippen LogP contribution in [-0.4, -0.2) is 80.1 Å². The zero-order valence-electron chi connectivity index (χ0n) is 19.3. The quantitative estimate of drug-likeness (QED) is 0.641. The monoisotopic (exact) mass is 499 g/mol. The lowest BCUT2D eigenvalue weighted by molar-refractivity contribution is -0.147. The molecule has 2 atom stereocenters. The molecule has 0 radical (unpaired) electrons. The first-order chi connectivity index (χ1) is 16.9. The third kappa shape index (κ3) is 4.60. The van der Waals surface area contributed by atoms with E-state index in [0.29, 0.717) is 54.1 Å². The number of piperazine rings is 1. The fraction of sp³-hybridized carbons (Fsp3) is 0.400. The van der Waals surface area contributed by atoms with Crippen molar-refractivity contribution in [3.8, 4) is 17.2 Å². The molecule has 0 aromatic heterocycles. The molecule has 5 rings (SSSR count). The molecular formula is C25H26ClN3O6. The van der Waals surface area contributed by atoms with Crippen LogP contribution in [0.25, 0.3) is 0 Å². The molecule has 2 saturated heterocycles. The zero-order chi connectivity index (χ0) is 24.5. The fourth-order valence-electron chi connectivity index (χ4n) is 4.73. The van der Waals surface area contributed by atoms with Gasteiger partial charge in [0.25, 0.3) is 5.91 Å². The standard InChI is InChI=1S/C25H26ClN3O6/c1-33-19-7-6-17(26)13-18(19)29-14-16(12-23(29)30)24(31)27-8-10-28(11-9-27)25(32)22-15-34-20-4-2-3-5-21(20)35-22/h2-7,13,16,22H,8-12,14-15H2,1H3/t16-,22-/m0/s1. The molecule has 3 aliphatic heterocycles. The predicted molar refractivity (Wildman–Crippen MR) is 128 cm³/mol. The number of hydrogen-bond donors (Lipinski definition) is 0. The number of para-hydroxylation sites is 2. The van der Waals surface area contributed by atoms with Crippen molar-refractivity contribution in [3.63, 3.8) is 0 Å². The third-order valence-corrected chi connectivity index (χ3v) is 6.83. The van der Waals surface area contributed by atoms with Crippen LogP contribution in [0, 0.1) is 5.92 Å². The van der Waals surface area contributed by atoms with Crippen molar-refractivity contribution in [3.05, 3.63) is 47.5 Å². The molecule has 0 saturated carbocycles. The number of fused-ring (bicyclic) bond motifs is 1. The summed E-state index contributed by atoms with van der Waals surface area (Å²) in [5.41, 5.74) is 0.562. The van der Waals surface area contributed by atoms with Gasteiger partial charge in [-0.3, -0.25) is 14.4 Å². The van der Waals surface area contributed by atoms with Gasteiger partial charge in [0.2, 0.25) is 17.9 Å². The van der Waals surface area contributed by atoms with Crippen LogP contribution in [0.1, 0.15) is 6.42 Å². The summed E-state index contributed by atoms with van der Waals surface area (Å²) < 4.78 is 16.9. The van der Waals surface area contributed by atoms with Gasteiger partial charge in [-0.25, -0.2) is 0 Å². The first kappa shape index (κ1) is 23.3. The number of carbonyl (C=O) groups excluding carboxylic acids is 3. The van der Waals surface area contributed by atoms with Crippen LogP contribution in [0.5, 0.6) is 17.2 Å². The Morgan fingerprint density at radius 2 is 1.69 bits per heavy atom. The molecule has 2 aromatic rings. The predicted octanol–water partition coefficient (Wildman–Crippen LogP) is 2.21. The van der Waals surface area contributed by atoms with Crippen molar-refractivity contribution < 1.29 is 28.6 Å². The van der Waals surface area contributed by atoms with Gasteiger partial charge in [-0.1, -0.05) is 23.7 Å². The van der Waals surface area contributed by atoms with E-state index in [2.05, 4.69) is 0 Å². The lowest BCUT2D eigenvalue weighted by atomic mass is 10.1. The third-order valence-electron chi connectivity index (χ3n) is 6.59. The number of nitrogens with zero attached hydrogens (tertiary/aromatic N) is 3. The maximum atomic E-state index is 13.2. The Hall–Kier alpha value is -3.46. The minimum absolute atomic E-state index is 0.0832. The second-order valence-electron chi connectivity index (χ2n) is 8.74. The highest BCUT2D eigenvalue weighted by Gasteiger charge is 2.40. The molecule has 0 unspecified atom stereocenters. The minimum atomic E-state index is -0.708. The summed E-state index contributed by atoms with van der Waals surface area (Å²) in [6.07, 6.45) is -0.582. The summed E-state index contributed by atoms with van der Waals surface area (Å²) in [5, 5.41) is 0.486. The summed E-state index contributed by atoms with van der Waals surface area (Å²) >= 11 is 6.12. The van der Waals surface area contributed by atoms with E-state index in [-0.39, 0.29) is 37.3 Å². The number of carbonyl (C=O) groups is 3. The van der Waals surface area contributed by atoms with E-state index in [1.54, 1.807) is 45.0 Å². The van der Waals surface area contributed by atoms with Gasteiger partial charge >= 0.3 is 0 Å². The van der Waals surface area contributed by atoms with Crippen LogP contribution >= 0.6 is 11.6 Å². The van der Waals surface area contributed by atoms with Crippen molar-refractivity contribution in [1.29, 1.82) is 0 Å². The summed E-state index contributed by atoms with van der Waals surface area (Å²) in [5.74, 6) is 0.870. The van der Waals surface area contributed by atoms with Crippen molar-refractivity contribution >= 4 is 35.0 Å². The van der Waals surface area contributed by atoms with Gasteiger partial charge in [-0.15, -0.1) is 0 Å². The summed E-state index contributed by atoms with van der Waals surface area (Å²) in [6, 6.07) is 12.3. The molecule has 0 spiro atoms. The van der Waals surface area contributed by atoms with Crippen molar-refractivity contribution in [2.75, 3.05) is 51.3 Å². The molecule has 184 valence electrons. The average molecular weight is 500 g/mol. The molecule has 3 aliphatic rings. The number of benzene rings is 2. The molecule has 0 aliphatic carbocycles. The summed E-state index contributed by atoms with van der Waals surface area (Å²) in [4.78, 5) is 43.9. The van der Waals surface area contributed by atoms with Gasteiger partial charge < -0.3 is 28.9 Å². The van der Waals surface area contributed by atoms with Gasteiger partial charge in [0.05, 0.1) is 18.7 Å².